The van der Waals surface area contributed by atoms with Crippen LogP contribution in [-0.2, 0) is 110 Å². The molecule has 12 fully saturated rings. The van der Waals surface area contributed by atoms with Crippen molar-refractivity contribution in [2.24, 2.45) is 35.5 Å². The highest BCUT2D eigenvalue weighted by Gasteiger charge is 2.51. The molecule has 0 saturated carbocycles. The van der Waals surface area contributed by atoms with Gasteiger partial charge in [0, 0.05) is 148 Å². The van der Waals surface area contributed by atoms with Crippen molar-refractivity contribution >= 4 is 47.4 Å². The van der Waals surface area contributed by atoms with Crippen LogP contribution < -0.4 is 0 Å². The van der Waals surface area contributed by atoms with Crippen molar-refractivity contribution in [1.82, 2.24) is 9.34 Å². The van der Waals surface area contributed by atoms with E-state index in [1.807, 2.05) is 0 Å². The van der Waals surface area contributed by atoms with Crippen LogP contribution in [0, 0.1) is 48.7 Å². The zero-order valence-corrected chi connectivity index (χ0v) is 74.5. The van der Waals surface area contributed by atoms with Crippen molar-refractivity contribution < 1.29 is 147 Å². The van der Waals surface area contributed by atoms with Gasteiger partial charge in [-0.15, -0.1) is 0 Å². The standard InChI is InChI=1S/2C22H40N2O7P2.2C14H25O5P.4CH4O/c2*1-16(2)24(17(3)4)32(28-14-10-23-6)30-21-9-12-27-22(21)19-7-13-29-33(25,15-19)31-20-8-11-26-18(20)5;2*1-10-3-6-17-14(10)12-4-8-18-20(15,9-12)19-13-5-7-16-11(13)2;4*1-2/h2*16-22H,7-15H2,1-5H3;2*10-14H,3-9H2,1-2H3;4*2H,1H3/t18-,19+,20+,21+,22-,32?,33+;18-,19+,20+,21+,22-,32?,33-;10-,11+,12+,13-,14-,20+;10-,11+,12+,13-,14-,20-;;;;/m1100..../s1/i2*5D,11T,12T;2*2D,6T,7T;4*2T/t11-,12-,18-,19+,20+,21+,22-,32?,33+;11-,12-,18-,19+,20+,21+,22-,32?,33-;6-,7-,10+,11-,12-,13+,14+,20-;6-,7-,10+,11-,12-,13+,14+,20+;;;;/m1111..... The van der Waals surface area contributed by atoms with E-state index in [0.29, 0.717) is 64.6 Å². The lowest BCUT2D eigenvalue weighted by atomic mass is 9.91. The first-order valence-electron chi connectivity index (χ1n) is 48.5. The summed E-state index contributed by atoms with van der Waals surface area (Å²) >= 11 is 0. The van der Waals surface area contributed by atoms with Crippen molar-refractivity contribution in [2.45, 2.75) is 284 Å². The number of nitrogens with zero attached hydrogens (tertiary/aromatic N) is 4. The van der Waals surface area contributed by atoms with Crippen molar-refractivity contribution in [3.63, 3.8) is 0 Å². The van der Waals surface area contributed by atoms with Gasteiger partial charge in [-0.3, -0.25) is 18.3 Å². The lowest BCUT2D eigenvalue weighted by Gasteiger charge is -2.39. The molecule has 0 aromatic heterocycles. The highest BCUT2D eigenvalue weighted by molar-refractivity contribution is 7.54. The minimum atomic E-state index is -3.51. The quantitative estimate of drug-likeness (QED) is 0.0321. The second-order valence-electron chi connectivity index (χ2n) is 29.9. The van der Waals surface area contributed by atoms with Gasteiger partial charge in [-0.2, -0.15) is 0 Å². The molecule has 2 unspecified atom stereocenters. The van der Waals surface area contributed by atoms with E-state index >= 15 is 0 Å². The predicted molar refractivity (Wildman–Crippen MR) is 437 cm³/mol. The Balaban J connectivity index is 0.000000299. The molecule has 0 amide bonds. The first-order chi connectivity index (χ1) is 61.6. The smallest absolute Gasteiger partial charge is 0.331 e. The van der Waals surface area contributed by atoms with Crippen molar-refractivity contribution in [1.29, 1.82) is 5.72 Å². The minimum absolute atomic E-state index is 0.0211. The molecule has 0 radical (unpaired) electrons. The molecular formula is C76H146N4O28P6. The van der Waals surface area contributed by atoms with E-state index in [1.165, 1.54) is 28.4 Å². The first kappa shape index (κ1) is 80.8. The maximum absolute atomic E-state index is 13.6. The van der Waals surface area contributed by atoms with Gasteiger partial charge in [-0.25, -0.2) is 22.5 Å². The molecule has 12 aliphatic rings. The normalized spacial score (nSPS) is 45.6. The molecule has 0 aromatic rings. The Bertz CT molecular complexity index is 3210. The van der Waals surface area contributed by atoms with Crippen molar-refractivity contribution in [3.8, 4) is 0 Å². The maximum Gasteiger partial charge on any atom is 0.331 e. The number of hydrogen-bond donors (Lipinski definition) is 4. The summed E-state index contributed by atoms with van der Waals surface area (Å²) in [5.74, 6) is 0.234. The number of hydrogen-bond acceptors (Lipinski definition) is 30. The van der Waals surface area contributed by atoms with Crippen molar-refractivity contribution in [2.75, 3.05) is 158 Å². The Hall–Kier alpha value is -0.280. The SMILES string of the molecule is [2H]C[C@H]1O[C@H]([3H])C[C@@H]1O[P@@]1(=O)C[C@@H]([C@H]2O[C@H]([3H])C[C@@H]2OP(OCC[N+]#[C-])N(C(C)C)C(C)C)CCO1.[2H]C[C@H]1O[C@H]([3H])C[C@@H]1O[P@@]1(=O)C[C@H]([C@H]2O[C@H]([3H])C[C@@H]2C)CCO1.[2H]C[C@H]1O[C@H]([3H])C[C@@H]1O[P@]1(=O)C[C@@H]([C@H]2O[C@H]([3H])C[C@@H]2OP(OCC[N+]#[C-])N(C(C)C)C(C)C)CCO1.[2H]C[C@H]1O[C@H]([3H])C[C@@H]1O[P@]1(=O)C[C@H]([C@H]2O[C@H]([3H])C[C@@H]2C)CCO1.[3H]OC.[3H]OC.[3H]OC.[3H]OC. The Morgan fingerprint density at radius 1 is 0.412 bits per heavy atom. The van der Waals surface area contributed by atoms with Crippen LogP contribution in [0.2, 0.25) is 0 Å². The topological polar surface area (TPSA) is 349 Å². The summed E-state index contributed by atoms with van der Waals surface area (Å²) < 4.78 is 289. The van der Waals surface area contributed by atoms with Crippen molar-refractivity contribution in [3.05, 3.63) is 22.8 Å². The summed E-state index contributed by atoms with van der Waals surface area (Å²) in [6.45, 7) is 31.1. The third-order valence-electron chi connectivity index (χ3n) is 20.3. The summed E-state index contributed by atoms with van der Waals surface area (Å²) in [7, 11) is -11.4. The lowest BCUT2D eigenvalue weighted by Crippen LogP contribution is -2.39. The fourth-order valence-electron chi connectivity index (χ4n) is 14.9. The van der Waals surface area contributed by atoms with E-state index in [0.717, 1.165) is 12.8 Å². The van der Waals surface area contributed by atoms with Crippen LogP contribution in [0.1, 0.15) is 190 Å². The second-order valence-corrected chi connectivity index (χ2v) is 40.9. The molecule has 38 heteroatoms. The largest absolute Gasteiger partial charge is 0.400 e. The van der Waals surface area contributed by atoms with Crippen LogP contribution in [0.5, 0.6) is 0 Å². The van der Waals surface area contributed by atoms with E-state index in [-0.39, 0.29) is 176 Å². The van der Waals surface area contributed by atoms with E-state index in [1.54, 1.807) is 0 Å². The van der Waals surface area contributed by atoms with E-state index in [4.69, 9.17) is 127 Å². The molecule has 12 heterocycles. The zero-order chi connectivity index (χ0) is 97.0. The second kappa shape index (κ2) is 53.8. The van der Waals surface area contributed by atoms with Crippen LogP contribution in [0.15, 0.2) is 0 Å². The third-order valence-corrected chi connectivity index (χ3v) is 32.9. The molecular weight excluding hydrogens is 1600 g/mol. The van der Waals surface area contributed by atoms with E-state index < -0.39 is 173 Å². The Kier molecular flexibility index (Phi) is 38.1. The van der Waals surface area contributed by atoms with E-state index in [9.17, 15) is 18.3 Å². The molecule has 0 aliphatic carbocycles. The molecule has 114 heavy (non-hydrogen) atoms. The van der Waals surface area contributed by atoms with Crippen LogP contribution >= 0.6 is 47.4 Å². The summed E-state index contributed by atoms with van der Waals surface area (Å²) in [5, 5.41) is 14.0. The Labute approximate surface area is 707 Å². The van der Waals surface area contributed by atoms with Gasteiger partial charge in [0.2, 0.25) is 18.8 Å². The highest BCUT2D eigenvalue weighted by atomic mass is 31.2. The maximum atomic E-state index is 13.6. The molecule has 0 spiro atoms. The molecule has 12 aliphatic heterocycles. The average Bonchev–Trinajstić information content (AvgIpc) is 1.61. The molecule has 4 N–H and O–H groups in total. The molecule has 32 nitrogen and oxygen atoms in total. The number of aliphatic hydroxyl groups is 4. The molecule has 12 rings (SSSR count). The van der Waals surface area contributed by atoms with Crippen LogP contribution in [0.25, 0.3) is 9.69 Å². The van der Waals surface area contributed by atoms with Gasteiger partial charge in [0.15, 0.2) is 0 Å². The van der Waals surface area contributed by atoms with Crippen LogP contribution in [0.4, 0.5) is 0 Å². The number of rotatable bonds is 28. The summed E-state index contributed by atoms with van der Waals surface area (Å²) in [6.07, 6.45) is 0.186. The van der Waals surface area contributed by atoms with Crippen LogP contribution in [0.3, 0.4) is 0 Å². The van der Waals surface area contributed by atoms with E-state index in [2.05, 4.69) is 109 Å². The Morgan fingerprint density at radius 3 is 0.886 bits per heavy atom. The fourth-order valence-corrected chi connectivity index (χ4v) is 27.3. The minimum Gasteiger partial charge on any atom is -0.400 e. The summed E-state index contributed by atoms with van der Waals surface area (Å²) in [5.41, 5.74) is 0. The summed E-state index contributed by atoms with van der Waals surface area (Å²) in [6, 6.07) is 0.584. The van der Waals surface area contributed by atoms with Gasteiger partial charge in [0.1, 0.15) is 13.2 Å². The van der Waals surface area contributed by atoms with Gasteiger partial charge >= 0.3 is 30.4 Å². The highest BCUT2D eigenvalue weighted by Crippen LogP contribution is 2.62. The summed E-state index contributed by atoms with van der Waals surface area (Å²) in [4.78, 5) is 6.76. The van der Waals surface area contributed by atoms with Crippen LogP contribution in [-0.4, -0.2) is 304 Å². The Morgan fingerprint density at radius 2 is 0.649 bits per heavy atom. The average molecular weight is 1780 g/mol. The first-order valence-corrected chi connectivity index (χ1v) is 48.6. The molecule has 34 atom stereocenters. The zero-order valence-electron chi connectivity index (χ0n) is 85.2. The number of aliphatic hydroxyl groups excluding tert-OH is 4. The predicted octanol–water partition coefficient (Wildman–Crippen LogP) is 13.8. The number of ether oxygens (including phenoxy) is 8. The fraction of sp³-hybridized carbons (Fsp3) is 0.974. The molecule has 668 valence electrons. The third kappa shape index (κ3) is 32.4. The molecule has 12 saturated heterocycles. The van der Waals surface area contributed by atoms with Gasteiger partial charge in [0.25, 0.3) is 17.1 Å². The lowest BCUT2D eigenvalue weighted by molar-refractivity contribution is -0.00664. The monoisotopic (exact) mass is 1780 g/mol. The van der Waals surface area contributed by atoms with Gasteiger partial charge in [-0.1, -0.05) is 13.8 Å². The molecule has 0 aromatic carbocycles. The van der Waals surface area contributed by atoms with Gasteiger partial charge in [-0.05, 0) is 158 Å². The van der Waals surface area contributed by atoms with Gasteiger partial charge in [0.05, 0.1) is 147 Å². The van der Waals surface area contributed by atoms with Gasteiger partial charge < -0.3 is 122 Å². The molecule has 0 bridgehead atoms.